The van der Waals surface area contributed by atoms with E-state index < -0.39 is 5.91 Å². The Hall–Kier alpha value is -2.69. The molecular formula is C20H25FIN5O2. The van der Waals surface area contributed by atoms with E-state index in [0.29, 0.717) is 30.2 Å². The molecule has 0 saturated heterocycles. The number of carbonyl (C=O) groups is 2. The number of guanidine groups is 1. The number of nitrogens with two attached hydrogens (primary N) is 1. The zero-order valence-corrected chi connectivity index (χ0v) is 18.6. The van der Waals surface area contributed by atoms with Gasteiger partial charge in [-0.3, -0.25) is 14.6 Å². The van der Waals surface area contributed by atoms with Crippen LogP contribution >= 0.6 is 24.0 Å². The normalized spacial score (nSPS) is 10.7. The Morgan fingerprint density at radius 2 is 1.59 bits per heavy atom. The average molecular weight is 513 g/mol. The first-order valence-electron chi connectivity index (χ1n) is 8.74. The summed E-state index contributed by atoms with van der Waals surface area (Å²) in [5, 5.41) is 8.78. The molecule has 29 heavy (non-hydrogen) atoms. The van der Waals surface area contributed by atoms with Crippen LogP contribution in [0.1, 0.15) is 27.0 Å². The van der Waals surface area contributed by atoms with Crippen molar-refractivity contribution in [1.29, 1.82) is 0 Å². The van der Waals surface area contributed by atoms with Crippen molar-refractivity contribution < 1.29 is 14.0 Å². The quantitative estimate of drug-likeness (QED) is 0.258. The zero-order valence-electron chi connectivity index (χ0n) is 16.3. The molecule has 0 aliphatic carbocycles. The molecule has 156 valence electrons. The minimum Gasteiger partial charge on any atom is -0.368 e. The standard InChI is InChI=1S/C20H24FN5O2.HI/c1-13-9-15(5-8-17(13)21)11-26-20(23-2)25-10-14-3-6-16(7-4-14)19(28)24-12-18(22)27;/h3-9H,10-12H2,1-2H3,(H2,22,27)(H,24,28)(H2,23,25,26);1H. The van der Waals surface area contributed by atoms with Crippen molar-refractivity contribution in [3.8, 4) is 0 Å². The summed E-state index contributed by atoms with van der Waals surface area (Å²) < 4.78 is 13.3. The Morgan fingerprint density at radius 1 is 1.00 bits per heavy atom. The van der Waals surface area contributed by atoms with Crippen molar-refractivity contribution in [2.75, 3.05) is 13.6 Å². The fourth-order valence-corrected chi connectivity index (χ4v) is 2.45. The summed E-state index contributed by atoms with van der Waals surface area (Å²) in [7, 11) is 1.66. The number of nitrogens with zero attached hydrogens (tertiary/aromatic N) is 1. The summed E-state index contributed by atoms with van der Waals surface area (Å²) in [6.45, 7) is 2.55. The van der Waals surface area contributed by atoms with Gasteiger partial charge in [0.25, 0.3) is 5.91 Å². The van der Waals surface area contributed by atoms with E-state index >= 15 is 0 Å². The van der Waals surface area contributed by atoms with E-state index in [-0.39, 0.29) is 42.2 Å². The maximum atomic E-state index is 13.3. The van der Waals surface area contributed by atoms with Crippen LogP contribution in [0.3, 0.4) is 0 Å². The Morgan fingerprint density at radius 3 is 2.14 bits per heavy atom. The maximum absolute atomic E-state index is 13.3. The molecule has 7 nitrogen and oxygen atoms in total. The number of carbonyl (C=O) groups excluding carboxylic acids is 2. The molecule has 2 rings (SSSR count). The summed E-state index contributed by atoms with van der Waals surface area (Å²) in [5.41, 5.74) is 7.95. The molecule has 0 saturated carbocycles. The van der Waals surface area contributed by atoms with Gasteiger partial charge in [-0.2, -0.15) is 0 Å². The number of aryl methyl sites for hydroxylation is 1. The first-order valence-corrected chi connectivity index (χ1v) is 8.74. The van der Waals surface area contributed by atoms with E-state index in [9.17, 15) is 14.0 Å². The van der Waals surface area contributed by atoms with Crippen LogP contribution in [0.5, 0.6) is 0 Å². The second-order valence-electron chi connectivity index (χ2n) is 6.21. The van der Waals surface area contributed by atoms with Gasteiger partial charge >= 0.3 is 0 Å². The third-order valence-electron chi connectivity index (χ3n) is 4.01. The Kier molecular flexibility index (Phi) is 10.1. The van der Waals surface area contributed by atoms with Crippen LogP contribution < -0.4 is 21.7 Å². The van der Waals surface area contributed by atoms with Gasteiger partial charge in [-0.25, -0.2) is 4.39 Å². The van der Waals surface area contributed by atoms with Crippen LogP contribution in [0.25, 0.3) is 0 Å². The number of nitrogens with one attached hydrogen (secondary N) is 3. The highest BCUT2D eigenvalue weighted by Crippen LogP contribution is 2.09. The van der Waals surface area contributed by atoms with Gasteiger partial charge in [0.1, 0.15) is 5.82 Å². The molecule has 0 bridgehead atoms. The van der Waals surface area contributed by atoms with Crippen LogP contribution in [0.15, 0.2) is 47.5 Å². The number of amides is 2. The molecule has 0 radical (unpaired) electrons. The lowest BCUT2D eigenvalue weighted by molar-refractivity contribution is -0.117. The Labute approximate surface area is 186 Å². The zero-order chi connectivity index (χ0) is 20.5. The topological polar surface area (TPSA) is 109 Å². The molecular weight excluding hydrogens is 488 g/mol. The molecule has 5 N–H and O–H groups in total. The van der Waals surface area contributed by atoms with Gasteiger partial charge in [0.15, 0.2) is 5.96 Å². The molecule has 2 amide bonds. The number of benzene rings is 2. The second-order valence-corrected chi connectivity index (χ2v) is 6.21. The number of halogens is 2. The first kappa shape index (κ1) is 24.3. The molecule has 0 aliphatic rings. The fraction of sp³-hybridized carbons (Fsp3) is 0.250. The Bertz CT molecular complexity index is 872. The monoisotopic (exact) mass is 513 g/mol. The van der Waals surface area contributed by atoms with E-state index in [1.54, 1.807) is 38.2 Å². The molecule has 0 unspecified atom stereocenters. The van der Waals surface area contributed by atoms with Gasteiger partial charge in [0.05, 0.1) is 6.54 Å². The molecule has 2 aromatic rings. The number of hydrogen-bond donors (Lipinski definition) is 4. The summed E-state index contributed by atoms with van der Waals surface area (Å²) >= 11 is 0. The highest BCUT2D eigenvalue weighted by molar-refractivity contribution is 14.0. The largest absolute Gasteiger partial charge is 0.368 e. The minimum absolute atomic E-state index is 0. The van der Waals surface area contributed by atoms with Crippen LogP contribution in [-0.4, -0.2) is 31.4 Å². The van der Waals surface area contributed by atoms with Gasteiger partial charge in [-0.15, -0.1) is 24.0 Å². The third kappa shape index (κ3) is 8.06. The lowest BCUT2D eigenvalue weighted by Gasteiger charge is -2.13. The van der Waals surface area contributed by atoms with Crippen molar-refractivity contribution >= 4 is 41.8 Å². The third-order valence-corrected chi connectivity index (χ3v) is 4.01. The van der Waals surface area contributed by atoms with Crippen LogP contribution in [0, 0.1) is 12.7 Å². The lowest BCUT2D eigenvalue weighted by Crippen LogP contribution is -2.36. The first-order chi connectivity index (χ1) is 13.4. The van der Waals surface area contributed by atoms with E-state index in [1.807, 2.05) is 12.1 Å². The van der Waals surface area contributed by atoms with Crippen molar-refractivity contribution in [3.05, 3.63) is 70.5 Å². The summed E-state index contributed by atoms with van der Waals surface area (Å²) in [5.74, 6) is -0.572. The van der Waals surface area contributed by atoms with Gasteiger partial charge in [0.2, 0.25) is 5.91 Å². The van der Waals surface area contributed by atoms with Crippen molar-refractivity contribution in [1.82, 2.24) is 16.0 Å². The molecule has 2 aromatic carbocycles. The molecule has 0 spiro atoms. The van der Waals surface area contributed by atoms with Crippen LogP contribution in [0.2, 0.25) is 0 Å². The molecule has 0 fully saturated rings. The molecule has 0 aromatic heterocycles. The van der Waals surface area contributed by atoms with Crippen molar-refractivity contribution in [3.63, 3.8) is 0 Å². The van der Waals surface area contributed by atoms with E-state index in [1.165, 1.54) is 6.07 Å². The number of primary amides is 1. The minimum atomic E-state index is -0.594. The van der Waals surface area contributed by atoms with E-state index in [2.05, 4.69) is 20.9 Å². The predicted molar refractivity (Wildman–Crippen MR) is 122 cm³/mol. The molecule has 0 heterocycles. The van der Waals surface area contributed by atoms with Gasteiger partial charge in [-0.1, -0.05) is 24.3 Å². The number of aliphatic imine (C=N–C) groups is 1. The van der Waals surface area contributed by atoms with Gasteiger partial charge in [-0.05, 0) is 41.8 Å². The van der Waals surface area contributed by atoms with Gasteiger partial charge < -0.3 is 21.7 Å². The van der Waals surface area contributed by atoms with Crippen molar-refractivity contribution in [2.24, 2.45) is 10.7 Å². The molecule has 0 atom stereocenters. The van der Waals surface area contributed by atoms with E-state index in [4.69, 9.17) is 5.73 Å². The predicted octanol–water partition coefficient (Wildman–Crippen LogP) is 1.83. The maximum Gasteiger partial charge on any atom is 0.251 e. The molecule has 0 aliphatic heterocycles. The second kappa shape index (κ2) is 12.0. The number of hydrogen-bond acceptors (Lipinski definition) is 3. The fourth-order valence-electron chi connectivity index (χ4n) is 2.45. The van der Waals surface area contributed by atoms with Gasteiger partial charge in [0, 0.05) is 25.7 Å². The summed E-state index contributed by atoms with van der Waals surface area (Å²) in [6.07, 6.45) is 0. The lowest BCUT2D eigenvalue weighted by atomic mass is 10.1. The highest BCUT2D eigenvalue weighted by Gasteiger charge is 2.07. The SMILES string of the molecule is CN=C(NCc1ccc(C(=O)NCC(N)=O)cc1)NCc1ccc(F)c(C)c1.I. The van der Waals surface area contributed by atoms with Crippen molar-refractivity contribution in [2.45, 2.75) is 20.0 Å². The smallest absolute Gasteiger partial charge is 0.251 e. The highest BCUT2D eigenvalue weighted by atomic mass is 127. The average Bonchev–Trinajstić information content (AvgIpc) is 2.69. The van der Waals surface area contributed by atoms with E-state index in [0.717, 1.165) is 11.1 Å². The molecule has 9 heteroatoms. The van der Waals surface area contributed by atoms with Crippen LogP contribution in [0.4, 0.5) is 4.39 Å². The summed E-state index contributed by atoms with van der Waals surface area (Å²) in [4.78, 5) is 26.7. The Balaban J connectivity index is 0.00000420. The number of rotatable bonds is 7. The van der Waals surface area contributed by atoms with Crippen LogP contribution in [-0.2, 0) is 17.9 Å². The summed E-state index contributed by atoms with van der Waals surface area (Å²) in [6, 6.07) is 11.9.